The second kappa shape index (κ2) is 36.0. The molecule has 0 spiro atoms. The van der Waals surface area contributed by atoms with Crippen LogP contribution in [0.5, 0.6) is 0 Å². The maximum Gasteiger partial charge on any atom is 0.268 e. The lowest BCUT2D eigenvalue weighted by atomic mass is 10.8. The second-order valence-electron chi connectivity index (χ2n) is 2.67. The molecule has 0 aromatic rings. The Hall–Kier alpha value is -1.39. The van der Waals surface area contributed by atoms with Crippen molar-refractivity contribution >= 4 is 10.1 Å². The molecule has 0 heterocycles. The first-order valence-corrected chi connectivity index (χ1v) is 7.17. The van der Waals surface area contributed by atoms with Crippen molar-refractivity contribution in [3.8, 4) is 0 Å². The summed E-state index contributed by atoms with van der Waals surface area (Å²) >= 11 is 0. The van der Waals surface area contributed by atoms with E-state index in [-0.39, 0.29) is 5.75 Å². The van der Waals surface area contributed by atoms with Crippen molar-refractivity contribution in [2.24, 2.45) is 0 Å². The van der Waals surface area contributed by atoms with E-state index < -0.39 is 10.1 Å². The van der Waals surface area contributed by atoms with Gasteiger partial charge in [0.25, 0.3) is 10.1 Å². The zero-order valence-corrected chi connectivity index (χ0v) is 13.6. The summed E-state index contributed by atoms with van der Waals surface area (Å²) in [6.07, 6.45) is 8.12. The summed E-state index contributed by atoms with van der Waals surface area (Å²) in [5.74, 6) is -0.368. The van der Waals surface area contributed by atoms with Crippen molar-refractivity contribution in [2.45, 2.75) is 27.7 Å². The zero-order chi connectivity index (χ0) is 16.7. The van der Waals surface area contributed by atoms with E-state index in [4.69, 9.17) is 4.55 Å². The Labute approximate surface area is 120 Å². The third-order valence-electron chi connectivity index (χ3n) is 0.328. The first-order valence-electron chi connectivity index (χ1n) is 5.56. The van der Waals surface area contributed by atoms with Gasteiger partial charge in [-0.3, -0.25) is 4.55 Å². The van der Waals surface area contributed by atoms with E-state index in [2.05, 4.69) is 32.9 Å². The molecule has 0 amide bonds. The minimum atomic E-state index is -3.79. The Balaban J connectivity index is -0.0000000467. The summed E-state index contributed by atoms with van der Waals surface area (Å²) < 4.78 is 27.3. The highest BCUT2D eigenvalue weighted by Gasteiger charge is 1.95. The third kappa shape index (κ3) is 520. The minimum absolute atomic E-state index is 0.368. The predicted molar refractivity (Wildman–Crippen MR) is 90.1 cm³/mol. The molecule has 4 heteroatoms. The van der Waals surface area contributed by atoms with E-state index in [9.17, 15) is 8.42 Å². The molecule has 0 atom stereocenters. The van der Waals surface area contributed by atoms with Crippen LogP contribution in [0.3, 0.4) is 0 Å². The maximum absolute atomic E-state index is 9.72. The molecule has 0 aliphatic rings. The molecule has 0 aromatic heterocycles. The van der Waals surface area contributed by atoms with E-state index in [1.807, 2.05) is 27.7 Å². The van der Waals surface area contributed by atoms with E-state index in [1.165, 1.54) is 0 Å². The largest absolute Gasteiger partial charge is 0.285 e. The van der Waals surface area contributed by atoms with Gasteiger partial charge in [-0.2, -0.15) is 8.42 Å². The molecule has 0 saturated carbocycles. The van der Waals surface area contributed by atoms with Gasteiger partial charge in [-0.1, -0.05) is 30.4 Å². The molecule has 0 rings (SSSR count). The van der Waals surface area contributed by atoms with Gasteiger partial charge in [0, 0.05) is 0 Å². The molecule has 0 fully saturated rings. The van der Waals surface area contributed by atoms with Gasteiger partial charge in [0.15, 0.2) is 0 Å². The van der Waals surface area contributed by atoms with Crippen LogP contribution in [0.25, 0.3) is 0 Å². The van der Waals surface area contributed by atoms with E-state index in [0.717, 1.165) is 6.08 Å². The quantitative estimate of drug-likeness (QED) is 0.585. The number of hydrogen-bond acceptors (Lipinski definition) is 2. The van der Waals surface area contributed by atoms with Gasteiger partial charge in [-0.05, 0) is 27.7 Å². The molecular weight excluding hydrogens is 260 g/mol. The summed E-state index contributed by atoms with van der Waals surface area (Å²) in [4.78, 5) is 0. The molecule has 0 aliphatic heterocycles. The van der Waals surface area contributed by atoms with E-state index in [0.29, 0.717) is 0 Å². The zero-order valence-electron chi connectivity index (χ0n) is 12.8. The fourth-order valence-corrected chi connectivity index (χ4v) is 0.447. The highest BCUT2D eigenvalue weighted by Crippen LogP contribution is 1.78. The summed E-state index contributed by atoms with van der Waals surface area (Å²) in [6, 6.07) is 0. The molecule has 0 saturated heterocycles. The molecule has 0 radical (unpaired) electrons. The van der Waals surface area contributed by atoms with Gasteiger partial charge < -0.3 is 0 Å². The van der Waals surface area contributed by atoms with Crippen LogP contribution in [0.4, 0.5) is 0 Å². The Morgan fingerprint density at radius 3 is 0.947 bits per heavy atom. The number of hydrogen-bond donors (Lipinski definition) is 1. The van der Waals surface area contributed by atoms with Crippen LogP contribution < -0.4 is 0 Å². The van der Waals surface area contributed by atoms with Crippen LogP contribution in [-0.4, -0.2) is 18.7 Å². The van der Waals surface area contributed by atoms with Crippen molar-refractivity contribution in [1.29, 1.82) is 0 Å². The average Bonchev–Trinajstić information content (AvgIpc) is 2.20. The van der Waals surface area contributed by atoms with Gasteiger partial charge in [0.1, 0.15) is 0 Å². The topological polar surface area (TPSA) is 54.4 Å². The normalized spacial score (nSPS) is 6.79. The smallest absolute Gasteiger partial charge is 0.268 e. The van der Waals surface area contributed by atoms with Gasteiger partial charge in [0.2, 0.25) is 0 Å². The molecule has 0 bridgehead atoms. The first-order chi connectivity index (χ1) is 8.72. The molecule has 19 heavy (non-hydrogen) atoms. The van der Waals surface area contributed by atoms with Crippen LogP contribution in [0, 0.1) is 0 Å². The molecule has 3 nitrogen and oxygen atoms in total. The van der Waals surface area contributed by atoms with Crippen LogP contribution in [0.15, 0.2) is 63.3 Å². The minimum Gasteiger partial charge on any atom is -0.285 e. The van der Waals surface area contributed by atoms with E-state index in [1.54, 1.807) is 24.3 Å². The van der Waals surface area contributed by atoms with Crippen molar-refractivity contribution in [2.75, 3.05) is 5.75 Å². The van der Waals surface area contributed by atoms with Crippen LogP contribution in [0.2, 0.25) is 0 Å². The Morgan fingerprint density at radius 2 is 0.947 bits per heavy atom. The fourth-order valence-electron chi connectivity index (χ4n) is 0.149. The Morgan fingerprint density at radius 1 is 0.789 bits per heavy atom. The molecule has 114 valence electrons. The van der Waals surface area contributed by atoms with Crippen LogP contribution in [-0.2, 0) is 10.1 Å². The number of rotatable bonds is 2. The van der Waals surface area contributed by atoms with Crippen LogP contribution >= 0.6 is 0 Å². The van der Waals surface area contributed by atoms with Gasteiger partial charge in [-0.25, -0.2) is 0 Å². The van der Waals surface area contributed by atoms with Gasteiger partial charge >= 0.3 is 0 Å². The van der Waals surface area contributed by atoms with Crippen molar-refractivity contribution in [1.82, 2.24) is 0 Å². The second-order valence-corrected chi connectivity index (χ2v) is 4.17. The lowest BCUT2D eigenvalue weighted by molar-refractivity contribution is 0.487. The van der Waals surface area contributed by atoms with Crippen molar-refractivity contribution in [3.05, 3.63) is 63.3 Å². The van der Waals surface area contributed by atoms with Gasteiger partial charge in [-0.15, -0.1) is 32.9 Å². The highest BCUT2D eigenvalue weighted by atomic mass is 32.2. The fraction of sp³-hybridized carbons (Fsp3) is 0.333. The average molecular weight is 290 g/mol. The number of allylic oxidation sites excluding steroid dienone is 4. The predicted octanol–water partition coefficient (Wildman–Crippen LogP) is 4.83. The van der Waals surface area contributed by atoms with E-state index >= 15 is 0 Å². The molecule has 1 N–H and O–H groups in total. The summed E-state index contributed by atoms with van der Waals surface area (Å²) in [6.45, 7) is 24.1. The lowest BCUT2D eigenvalue weighted by Crippen LogP contribution is -1.99. The Kier molecular flexibility index (Phi) is 57.8. The summed E-state index contributed by atoms with van der Waals surface area (Å²) in [7, 11) is -3.79. The maximum atomic E-state index is 9.72. The van der Waals surface area contributed by atoms with Crippen molar-refractivity contribution < 1.29 is 13.0 Å². The highest BCUT2D eigenvalue weighted by molar-refractivity contribution is 7.85. The summed E-state index contributed by atoms with van der Waals surface area (Å²) in [5.41, 5.74) is 0. The van der Waals surface area contributed by atoms with Crippen molar-refractivity contribution in [3.63, 3.8) is 0 Å². The standard InChI is InChI=1S/C3H6O3S.4C3H6/c1-2-3-7(4,5)6;4*1-3-2/h2H,1,3H2,(H,4,5,6);4*3H,1H2,2H3. The molecule has 0 aromatic carbocycles. The van der Waals surface area contributed by atoms with Gasteiger partial charge in [0.05, 0.1) is 5.75 Å². The Bertz CT molecular complexity index is 265. The SMILES string of the molecule is C=CC.C=CC.C=CC.C=CC.C=CCS(=O)(=O)O. The molecular formula is C15H30O3S. The monoisotopic (exact) mass is 290 g/mol. The van der Waals surface area contributed by atoms with Crippen LogP contribution in [0.1, 0.15) is 27.7 Å². The lowest BCUT2D eigenvalue weighted by Gasteiger charge is -1.82. The molecule has 0 aliphatic carbocycles. The summed E-state index contributed by atoms with van der Waals surface area (Å²) in [5, 5.41) is 0. The third-order valence-corrected chi connectivity index (χ3v) is 0.985. The molecule has 0 unspecified atom stereocenters. The first kappa shape index (κ1) is 30.6.